The molecule has 4 aliphatic rings. The van der Waals surface area contributed by atoms with E-state index in [0.29, 0.717) is 12.3 Å². The molecule has 1 aromatic carbocycles. The Kier molecular flexibility index (Phi) is 2.52. The van der Waals surface area contributed by atoms with E-state index >= 15 is 4.39 Å². The van der Waals surface area contributed by atoms with E-state index in [0.717, 1.165) is 44.0 Å². The Balaban J connectivity index is 1.54. The fraction of sp³-hybridized carbons (Fsp3) is 0.667. The van der Waals surface area contributed by atoms with Crippen LogP contribution in [-0.2, 0) is 6.42 Å². The van der Waals surface area contributed by atoms with Crippen LogP contribution < -0.4 is 0 Å². The Morgan fingerprint density at radius 3 is 2.84 bits per heavy atom. The van der Waals surface area contributed by atoms with Gasteiger partial charge in [0.1, 0.15) is 6.17 Å². The molecule has 25 heavy (non-hydrogen) atoms. The first-order valence-corrected chi connectivity index (χ1v) is 9.80. The van der Waals surface area contributed by atoms with Crippen LogP contribution in [0.15, 0.2) is 18.3 Å². The number of halogens is 1. The van der Waals surface area contributed by atoms with Gasteiger partial charge in [-0.15, -0.1) is 0 Å². The molecule has 4 heteroatoms. The standard InChI is InChI=1S/C21H25FN2O/c1-19-10-16(22)18-13-3-5-17-14(11-23-24-17)12(13)2-4-15(18)20(19)6-8-21(19,25)9-7-20/h3,5,11,15-16,18,25H,2,4,6-10H2,1H3,(H,23,24)/t15-,16+,18-,19+,20?,21?/m1/s1. The van der Waals surface area contributed by atoms with E-state index in [1.807, 2.05) is 6.20 Å². The molecule has 2 aromatic rings. The van der Waals surface area contributed by atoms with E-state index in [-0.39, 0.29) is 16.7 Å². The number of fused-ring (bicyclic) bond motifs is 5. The molecule has 0 aliphatic heterocycles. The number of benzene rings is 1. The van der Waals surface area contributed by atoms with Crippen molar-refractivity contribution in [3.8, 4) is 0 Å². The first-order chi connectivity index (χ1) is 12.0. The normalized spacial score (nSPS) is 47.6. The number of aromatic amines is 1. The number of hydrogen-bond donors (Lipinski definition) is 2. The van der Waals surface area contributed by atoms with E-state index in [9.17, 15) is 5.11 Å². The molecule has 4 aliphatic carbocycles. The Bertz CT molecular complexity index is 881. The van der Waals surface area contributed by atoms with Gasteiger partial charge in [-0.2, -0.15) is 5.10 Å². The summed E-state index contributed by atoms with van der Waals surface area (Å²) in [5, 5.41) is 19.6. The molecule has 3 saturated carbocycles. The Morgan fingerprint density at radius 2 is 2.04 bits per heavy atom. The molecule has 2 bridgehead atoms. The van der Waals surface area contributed by atoms with Crippen molar-refractivity contribution in [2.75, 3.05) is 0 Å². The van der Waals surface area contributed by atoms with E-state index in [1.54, 1.807) is 0 Å². The maximum absolute atomic E-state index is 15.6. The lowest BCUT2D eigenvalue weighted by molar-refractivity contribution is -0.123. The molecular weight excluding hydrogens is 315 g/mol. The van der Waals surface area contributed by atoms with E-state index in [2.05, 4.69) is 29.3 Å². The zero-order chi connectivity index (χ0) is 17.0. The number of hydrogen-bond acceptors (Lipinski definition) is 2. The summed E-state index contributed by atoms with van der Waals surface area (Å²) in [6.45, 7) is 2.20. The summed E-state index contributed by atoms with van der Waals surface area (Å²) < 4.78 is 15.6. The van der Waals surface area contributed by atoms with Crippen molar-refractivity contribution in [1.82, 2.24) is 10.2 Å². The number of aliphatic hydroxyl groups is 1. The number of nitrogens with zero attached hydrogens (tertiary/aromatic N) is 1. The molecule has 6 rings (SSSR count). The van der Waals surface area contributed by atoms with Crippen molar-refractivity contribution in [2.24, 2.45) is 16.7 Å². The van der Waals surface area contributed by atoms with Gasteiger partial charge in [0.25, 0.3) is 0 Å². The zero-order valence-electron chi connectivity index (χ0n) is 14.7. The molecule has 0 radical (unpaired) electrons. The summed E-state index contributed by atoms with van der Waals surface area (Å²) in [4.78, 5) is 0. The van der Waals surface area contributed by atoms with Crippen molar-refractivity contribution in [2.45, 2.75) is 69.6 Å². The van der Waals surface area contributed by atoms with Gasteiger partial charge in [0.05, 0.1) is 17.3 Å². The van der Waals surface area contributed by atoms with Crippen LogP contribution in [0.2, 0.25) is 0 Å². The maximum atomic E-state index is 15.6. The average Bonchev–Trinajstić information content (AvgIpc) is 3.23. The number of nitrogens with one attached hydrogen (secondary N) is 1. The second-order valence-corrected chi connectivity index (χ2v) is 9.38. The third kappa shape index (κ3) is 1.44. The first-order valence-electron chi connectivity index (χ1n) is 9.80. The van der Waals surface area contributed by atoms with Gasteiger partial charge in [0.2, 0.25) is 0 Å². The second kappa shape index (κ2) is 4.28. The lowest BCUT2D eigenvalue weighted by Gasteiger charge is -2.57. The van der Waals surface area contributed by atoms with Crippen LogP contribution in [0.1, 0.15) is 62.5 Å². The van der Waals surface area contributed by atoms with Crippen LogP contribution in [-0.4, -0.2) is 27.1 Å². The highest BCUT2D eigenvalue weighted by Gasteiger charge is 2.74. The number of rotatable bonds is 0. The van der Waals surface area contributed by atoms with Crippen molar-refractivity contribution in [1.29, 1.82) is 0 Å². The van der Waals surface area contributed by atoms with Crippen LogP contribution in [0.5, 0.6) is 0 Å². The van der Waals surface area contributed by atoms with Crippen LogP contribution in [0.25, 0.3) is 10.9 Å². The minimum absolute atomic E-state index is 0.00317. The molecule has 0 spiro atoms. The molecule has 132 valence electrons. The first kappa shape index (κ1) is 14.7. The van der Waals surface area contributed by atoms with Crippen LogP contribution in [0.3, 0.4) is 0 Å². The number of H-pyrrole nitrogens is 1. The van der Waals surface area contributed by atoms with E-state index in [1.165, 1.54) is 16.5 Å². The SMILES string of the molecule is C[C@]12C[C@H](F)[C@@H]3c4ccc5[nH]ncc5c4CC[C@H]3C13CCC2(O)CC3. The highest BCUT2D eigenvalue weighted by molar-refractivity contribution is 5.83. The van der Waals surface area contributed by atoms with Gasteiger partial charge in [-0.1, -0.05) is 13.0 Å². The fourth-order valence-corrected chi connectivity index (χ4v) is 7.81. The summed E-state index contributed by atoms with van der Waals surface area (Å²) in [6, 6.07) is 4.22. The third-order valence-corrected chi connectivity index (χ3v) is 9.07. The zero-order valence-corrected chi connectivity index (χ0v) is 14.7. The van der Waals surface area contributed by atoms with E-state index < -0.39 is 11.8 Å². The van der Waals surface area contributed by atoms with Crippen molar-refractivity contribution < 1.29 is 9.50 Å². The molecule has 1 aromatic heterocycles. The highest BCUT2D eigenvalue weighted by Crippen LogP contribution is 2.77. The maximum Gasteiger partial charge on any atom is 0.108 e. The number of aromatic nitrogens is 2. The predicted octanol–water partition coefficient (Wildman–Crippen LogP) is 4.26. The molecule has 0 unspecified atom stereocenters. The summed E-state index contributed by atoms with van der Waals surface area (Å²) in [5.41, 5.74) is 2.85. The number of aryl methyl sites for hydroxylation is 1. The fourth-order valence-electron chi connectivity index (χ4n) is 7.81. The molecule has 1 heterocycles. The largest absolute Gasteiger partial charge is 0.389 e. The summed E-state index contributed by atoms with van der Waals surface area (Å²) in [5.74, 6) is 0.367. The molecule has 3 fully saturated rings. The van der Waals surface area contributed by atoms with Crippen molar-refractivity contribution in [3.05, 3.63) is 29.5 Å². The lowest BCUT2D eigenvalue weighted by atomic mass is 9.47. The van der Waals surface area contributed by atoms with Gasteiger partial charge in [-0.3, -0.25) is 5.10 Å². The van der Waals surface area contributed by atoms with Crippen LogP contribution in [0, 0.1) is 16.7 Å². The van der Waals surface area contributed by atoms with E-state index in [4.69, 9.17) is 0 Å². The van der Waals surface area contributed by atoms with Crippen LogP contribution >= 0.6 is 0 Å². The summed E-state index contributed by atoms with van der Waals surface area (Å²) in [7, 11) is 0. The topological polar surface area (TPSA) is 48.9 Å². The number of alkyl halides is 1. The quantitative estimate of drug-likeness (QED) is 0.753. The monoisotopic (exact) mass is 340 g/mol. The van der Waals surface area contributed by atoms with Crippen molar-refractivity contribution in [3.63, 3.8) is 0 Å². The second-order valence-electron chi connectivity index (χ2n) is 9.38. The molecule has 0 amide bonds. The van der Waals surface area contributed by atoms with Gasteiger partial charge in [-0.05, 0) is 73.5 Å². The minimum atomic E-state index is -0.853. The Labute approximate surface area is 147 Å². The van der Waals surface area contributed by atoms with Gasteiger partial charge >= 0.3 is 0 Å². The predicted molar refractivity (Wildman–Crippen MR) is 94.1 cm³/mol. The molecule has 0 saturated heterocycles. The minimum Gasteiger partial charge on any atom is -0.389 e. The smallest absolute Gasteiger partial charge is 0.108 e. The lowest BCUT2D eigenvalue weighted by Crippen LogP contribution is -2.55. The Morgan fingerprint density at radius 1 is 1.24 bits per heavy atom. The van der Waals surface area contributed by atoms with Crippen molar-refractivity contribution >= 4 is 10.9 Å². The Hall–Kier alpha value is -1.42. The highest BCUT2D eigenvalue weighted by atomic mass is 19.1. The molecule has 2 N–H and O–H groups in total. The van der Waals surface area contributed by atoms with Gasteiger partial charge < -0.3 is 5.11 Å². The van der Waals surface area contributed by atoms with Gasteiger partial charge in [0.15, 0.2) is 0 Å². The molecule has 4 atom stereocenters. The van der Waals surface area contributed by atoms with Gasteiger partial charge in [-0.25, -0.2) is 4.39 Å². The average molecular weight is 340 g/mol. The molecular formula is C21H25FN2O. The third-order valence-electron chi connectivity index (χ3n) is 9.07. The molecule has 3 nitrogen and oxygen atoms in total. The summed E-state index contributed by atoms with van der Waals surface area (Å²) >= 11 is 0. The van der Waals surface area contributed by atoms with Crippen LogP contribution in [0.4, 0.5) is 4.39 Å². The summed E-state index contributed by atoms with van der Waals surface area (Å²) in [6.07, 6.45) is 7.53. The van der Waals surface area contributed by atoms with Gasteiger partial charge in [0, 0.05) is 16.7 Å².